The highest BCUT2D eigenvalue weighted by Gasteiger charge is 2.23. The maximum absolute atomic E-state index is 10.8. The van der Waals surface area contributed by atoms with Gasteiger partial charge in [0, 0.05) is 24.6 Å². The molecule has 0 radical (unpaired) electrons. The van der Waals surface area contributed by atoms with Crippen molar-refractivity contribution in [2.45, 2.75) is 0 Å². The molecule has 1 aromatic carbocycles. The number of hydrogen-bond acceptors (Lipinski definition) is 5. The van der Waals surface area contributed by atoms with E-state index >= 15 is 0 Å². The summed E-state index contributed by atoms with van der Waals surface area (Å²) in [5.74, 6) is 0. The molecule has 0 aliphatic heterocycles. The van der Waals surface area contributed by atoms with Gasteiger partial charge < -0.3 is 15.0 Å². The molecule has 84 valence electrons. The summed E-state index contributed by atoms with van der Waals surface area (Å²) in [5.41, 5.74) is -0.0464. The van der Waals surface area contributed by atoms with Crippen molar-refractivity contribution in [3.63, 3.8) is 0 Å². The number of nitro benzene ring substituents is 1. The highest BCUT2D eigenvalue weighted by atomic mass is 16.6. The molecule has 1 rings (SSSR count). The topological polar surface area (TPSA) is 102 Å². The molecule has 1 amide bonds. The molecule has 0 spiro atoms. The Balaban J connectivity index is 2.83. The van der Waals surface area contributed by atoms with Crippen LogP contribution < -0.4 is 10.8 Å². The minimum atomic E-state index is -1.53. The third-order valence-electron chi connectivity index (χ3n) is 1.79. The van der Waals surface area contributed by atoms with E-state index in [4.69, 9.17) is 0 Å². The van der Waals surface area contributed by atoms with E-state index in [9.17, 15) is 19.9 Å². The van der Waals surface area contributed by atoms with Crippen molar-refractivity contribution in [3.8, 4) is 0 Å². The fourth-order valence-corrected chi connectivity index (χ4v) is 1.02. The van der Waals surface area contributed by atoms with Crippen molar-refractivity contribution in [2.24, 2.45) is 0 Å². The van der Waals surface area contributed by atoms with Gasteiger partial charge in [-0.05, 0) is 0 Å². The minimum Gasteiger partial charge on any atom is -0.489 e. The van der Waals surface area contributed by atoms with Crippen molar-refractivity contribution in [2.75, 3.05) is 7.05 Å². The second-order valence-electron chi connectivity index (χ2n) is 2.86. The van der Waals surface area contributed by atoms with Crippen LogP contribution >= 0.6 is 0 Å². The van der Waals surface area contributed by atoms with Gasteiger partial charge in [0.25, 0.3) is 5.69 Å². The van der Waals surface area contributed by atoms with Gasteiger partial charge in [-0.2, -0.15) is 0 Å². The first-order valence-corrected chi connectivity index (χ1v) is 4.35. The number of rotatable bonds is 3. The fraction of sp³-hybridized carbons (Fsp3) is 0.125. The summed E-state index contributed by atoms with van der Waals surface area (Å²) in [5, 5.41) is 22.0. The van der Waals surface area contributed by atoms with Crippen LogP contribution in [0.5, 0.6) is 0 Å². The first kappa shape index (κ1) is 12.0. The van der Waals surface area contributed by atoms with E-state index in [2.05, 4.69) is 9.97 Å². The molecule has 0 atom stereocenters. The van der Waals surface area contributed by atoms with Crippen LogP contribution in [-0.4, -0.2) is 30.2 Å². The summed E-state index contributed by atoms with van der Waals surface area (Å²) in [6.45, 7) is 0. The smallest absolute Gasteiger partial charge is 0.489 e. The van der Waals surface area contributed by atoms with Crippen LogP contribution in [0.25, 0.3) is 0 Å². The van der Waals surface area contributed by atoms with Crippen LogP contribution in [0.15, 0.2) is 24.3 Å². The number of hydrogen-bond donors (Lipinski definition) is 2. The monoisotopic (exact) mass is 224 g/mol. The molecule has 0 saturated heterocycles. The summed E-state index contributed by atoms with van der Waals surface area (Å²) in [4.78, 5) is 20.6. The van der Waals surface area contributed by atoms with Gasteiger partial charge in [-0.1, -0.05) is 12.1 Å². The van der Waals surface area contributed by atoms with Crippen LogP contribution in [0.4, 0.5) is 10.5 Å². The number of nitrogens with one attached hydrogen (secondary N) is 1. The molecule has 0 heterocycles. The van der Waals surface area contributed by atoms with Crippen molar-refractivity contribution in [1.29, 1.82) is 0 Å². The second kappa shape index (κ2) is 5.12. The number of benzene rings is 1. The van der Waals surface area contributed by atoms with Gasteiger partial charge in [0.15, 0.2) is 0 Å². The van der Waals surface area contributed by atoms with Crippen molar-refractivity contribution in [1.82, 2.24) is 5.32 Å². The predicted molar refractivity (Wildman–Crippen MR) is 56.2 cm³/mol. The summed E-state index contributed by atoms with van der Waals surface area (Å²) in [7, 11) is -0.192. The van der Waals surface area contributed by atoms with Gasteiger partial charge in [-0.15, -0.1) is 0 Å². The highest BCUT2D eigenvalue weighted by molar-refractivity contribution is 6.61. The molecule has 0 saturated carbocycles. The number of amides is 1. The first-order chi connectivity index (χ1) is 7.54. The van der Waals surface area contributed by atoms with E-state index in [-0.39, 0.29) is 11.2 Å². The lowest BCUT2D eigenvalue weighted by atomic mass is 9.79. The molecule has 0 aliphatic rings. The summed E-state index contributed by atoms with van der Waals surface area (Å²) in [6, 6.07) is 5.22. The Morgan fingerprint density at radius 2 is 2.31 bits per heavy atom. The molecule has 1 aromatic rings. The van der Waals surface area contributed by atoms with Crippen LogP contribution in [0.3, 0.4) is 0 Å². The number of carbonyl (C=O) groups excluding carboxylic acids is 1. The van der Waals surface area contributed by atoms with Crippen LogP contribution in [0.1, 0.15) is 0 Å². The van der Waals surface area contributed by atoms with E-state index in [1.54, 1.807) is 0 Å². The maximum atomic E-state index is 10.8. The van der Waals surface area contributed by atoms with Gasteiger partial charge in [-0.3, -0.25) is 10.1 Å². The third-order valence-corrected chi connectivity index (χ3v) is 1.79. The first-order valence-electron chi connectivity index (χ1n) is 4.35. The third kappa shape index (κ3) is 2.96. The van der Waals surface area contributed by atoms with Crippen LogP contribution in [0, 0.1) is 10.1 Å². The van der Waals surface area contributed by atoms with Crippen LogP contribution in [-0.2, 0) is 4.65 Å². The van der Waals surface area contributed by atoms with Gasteiger partial charge in [-0.25, -0.2) is 4.79 Å². The Bertz CT molecular complexity index is 411. The zero-order chi connectivity index (χ0) is 12.1. The number of nitro groups is 1. The fourth-order valence-electron chi connectivity index (χ4n) is 1.02. The molecule has 0 aliphatic carbocycles. The largest absolute Gasteiger partial charge is 0.563 e. The number of nitrogens with zero attached hydrogens (tertiary/aromatic N) is 1. The Kier molecular flexibility index (Phi) is 3.84. The van der Waals surface area contributed by atoms with E-state index in [1.807, 2.05) is 0 Å². The highest BCUT2D eigenvalue weighted by Crippen LogP contribution is 2.07. The average molecular weight is 224 g/mol. The molecular weight excluding hydrogens is 215 g/mol. The Hall–Kier alpha value is -2.09. The molecule has 16 heavy (non-hydrogen) atoms. The minimum absolute atomic E-state index is 0.137. The summed E-state index contributed by atoms with van der Waals surface area (Å²) >= 11 is 0. The molecular formula is C8H9BN2O5. The maximum Gasteiger partial charge on any atom is 0.563 e. The van der Waals surface area contributed by atoms with Crippen molar-refractivity contribution < 1.29 is 19.4 Å². The number of carbonyl (C=O) groups is 1. The molecule has 0 fully saturated rings. The molecule has 0 unspecified atom stereocenters. The number of non-ortho nitro benzene ring substituents is 1. The lowest BCUT2D eigenvalue weighted by Crippen LogP contribution is -2.38. The van der Waals surface area contributed by atoms with Crippen molar-refractivity contribution in [3.05, 3.63) is 34.4 Å². The summed E-state index contributed by atoms with van der Waals surface area (Å²) in [6.07, 6.45) is -0.820. The van der Waals surface area contributed by atoms with Gasteiger partial charge in [0.2, 0.25) is 0 Å². The quantitative estimate of drug-likeness (QED) is 0.414. The Labute approximate surface area is 91.3 Å². The molecule has 0 aromatic heterocycles. The molecule has 0 bridgehead atoms. The lowest BCUT2D eigenvalue weighted by Gasteiger charge is -2.07. The van der Waals surface area contributed by atoms with Crippen molar-refractivity contribution >= 4 is 24.4 Å². The van der Waals surface area contributed by atoms with E-state index in [0.717, 1.165) is 6.07 Å². The zero-order valence-electron chi connectivity index (χ0n) is 8.41. The lowest BCUT2D eigenvalue weighted by molar-refractivity contribution is -0.384. The molecule has 2 N–H and O–H groups in total. The standard InChI is InChI=1S/C8H9BN2O5/c1-10-8(12)16-9(13)6-3-2-4-7(5-6)11(14)15/h2-5,13H,1H3,(H,10,12). The van der Waals surface area contributed by atoms with Gasteiger partial charge in [0.1, 0.15) is 0 Å². The summed E-state index contributed by atoms with van der Waals surface area (Å²) < 4.78 is 4.50. The van der Waals surface area contributed by atoms with E-state index in [1.165, 1.54) is 25.2 Å². The molecule has 8 heteroatoms. The van der Waals surface area contributed by atoms with Gasteiger partial charge in [0.05, 0.1) is 4.92 Å². The van der Waals surface area contributed by atoms with E-state index < -0.39 is 18.1 Å². The molecule has 7 nitrogen and oxygen atoms in total. The predicted octanol–water partition coefficient (Wildman–Crippen LogP) is -0.362. The average Bonchev–Trinajstić information content (AvgIpc) is 2.28. The zero-order valence-corrected chi connectivity index (χ0v) is 8.41. The van der Waals surface area contributed by atoms with E-state index in [0.29, 0.717) is 0 Å². The Morgan fingerprint density at radius 1 is 1.62 bits per heavy atom. The van der Waals surface area contributed by atoms with Gasteiger partial charge >= 0.3 is 13.2 Å². The van der Waals surface area contributed by atoms with Crippen LogP contribution in [0.2, 0.25) is 0 Å². The Morgan fingerprint density at radius 3 is 2.88 bits per heavy atom. The normalized spacial score (nSPS) is 9.38. The second-order valence-corrected chi connectivity index (χ2v) is 2.86. The SMILES string of the molecule is CNC(=O)OB(O)c1cccc([N+](=O)[O-])c1.